The lowest BCUT2D eigenvalue weighted by molar-refractivity contribution is -0.359. The number of carbonyl (C=O) groups excluding carboxylic acids is 1. The zero-order valence-electron chi connectivity index (χ0n) is 61.4. The van der Waals surface area contributed by atoms with Crippen LogP contribution in [0.15, 0.2) is 36.5 Å². The van der Waals surface area contributed by atoms with Crippen LogP contribution in [0.3, 0.4) is 0 Å². The molecule has 0 bridgehead atoms. The minimum Gasteiger partial charge on any atom is -0.394 e. The Kier molecular flexibility index (Phi) is 61.6. The fourth-order valence-corrected chi connectivity index (χ4v) is 13.6. The van der Waals surface area contributed by atoms with E-state index < -0.39 is 86.8 Å². The van der Waals surface area contributed by atoms with Crippen LogP contribution in [0.2, 0.25) is 0 Å². The Balaban J connectivity index is 1.58. The third-order valence-electron chi connectivity index (χ3n) is 20.1. The van der Waals surface area contributed by atoms with E-state index in [1.165, 1.54) is 302 Å². The van der Waals surface area contributed by atoms with Crippen LogP contribution in [0.5, 0.6) is 0 Å². The molecule has 0 aromatic rings. The maximum atomic E-state index is 13.4. The summed E-state index contributed by atoms with van der Waals surface area (Å²) in [4.78, 5) is 13.4. The van der Waals surface area contributed by atoms with Gasteiger partial charge >= 0.3 is 0 Å². The van der Waals surface area contributed by atoms with Gasteiger partial charge in [0.25, 0.3) is 0 Å². The topological polar surface area (TPSA) is 228 Å². The molecule has 0 aromatic heterocycles. The van der Waals surface area contributed by atoms with Crippen LogP contribution in [0.4, 0.5) is 0 Å². The second kappa shape index (κ2) is 65.5. The Morgan fingerprint density at radius 2 is 0.674 bits per heavy atom. The molecule has 560 valence electrons. The number of unbranched alkanes of at least 4 members (excludes halogenated alkanes) is 52. The Bertz CT molecular complexity index is 1730. The minimum absolute atomic E-state index is 0.245. The van der Waals surface area contributed by atoms with E-state index >= 15 is 0 Å². The Morgan fingerprint density at radius 3 is 1.03 bits per heavy atom. The predicted molar refractivity (Wildman–Crippen MR) is 392 cm³/mol. The molecule has 14 heteroatoms. The SMILES string of the molecule is CCCCCCCCCCCCCC/C=C/CC/C=C/CC/C=C/C(O)C(COC1OC(CO)C(OC2OC(CO)C(O)C(O)C2O)C(O)C1O)NC(=O)CCCCCCCCCCCCCCCCCCCCCCCCCCCCCCCCCCCCCCCCC. The number of rotatable bonds is 69. The van der Waals surface area contributed by atoms with Crippen LogP contribution in [0, 0.1) is 0 Å². The molecule has 0 aromatic carbocycles. The van der Waals surface area contributed by atoms with Crippen molar-refractivity contribution in [3.05, 3.63) is 36.5 Å². The highest BCUT2D eigenvalue weighted by atomic mass is 16.7. The zero-order valence-corrected chi connectivity index (χ0v) is 61.4. The second-order valence-corrected chi connectivity index (χ2v) is 28.9. The van der Waals surface area contributed by atoms with Crippen molar-refractivity contribution in [2.75, 3.05) is 19.8 Å². The van der Waals surface area contributed by atoms with E-state index in [-0.39, 0.29) is 18.9 Å². The van der Waals surface area contributed by atoms with E-state index in [0.717, 1.165) is 44.9 Å². The van der Waals surface area contributed by atoms with E-state index in [0.29, 0.717) is 12.8 Å². The number of hydrogen-bond acceptors (Lipinski definition) is 13. The van der Waals surface area contributed by atoms with Gasteiger partial charge in [-0.1, -0.05) is 365 Å². The minimum atomic E-state index is -1.79. The molecule has 12 atom stereocenters. The van der Waals surface area contributed by atoms with Crippen LogP contribution >= 0.6 is 0 Å². The highest BCUT2D eigenvalue weighted by Crippen LogP contribution is 2.30. The van der Waals surface area contributed by atoms with Gasteiger partial charge in [0.05, 0.1) is 32.0 Å². The smallest absolute Gasteiger partial charge is 0.220 e. The van der Waals surface area contributed by atoms with Gasteiger partial charge in [0.15, 0.2) is 12.6 Å². The average molecular weight is 1350 g/mol. The lowest BCUT2D eigenvalue weighted by atomic mass is 9.97. The maximum absolute atomic E-state index is 13.4. The summed E-state index contributed by atoms with van der Waals surface area (Å²) in [5, 5.41) is 87.6. The monoisotopic (exact) mass is 1350 g/mol. The fraction of sp³-hybridized carbons (Fsp3) is 0.914. The van der Waals surface area contributed by atoms with Gasteiger partial charge in [-0.25, -0.2) is 0 Å². The standard InChI is InChI=1S/C81H153NO13/c1-3-5-7-9-11-13-15-17-19-21-23-25-27-28-29-30-31-32-33-34-35-36-37-38-39-40-41-42-43-45-47-49-51-53-55-57-59-61-63-65-73(86)82-69(68-92-80-78(91)76(89)79(72(67-84)94-80)95-81-77(90)75(88)74(87)71(66-83)93-81)70(85)64-62-60-58-56-54-52-50-48-46-44-26-24-22-20-18-16-14-12-10-8-6-4-2/h46,48,54,56,62,64,69-72,74-81,83-85,87-91H,3-45,47,49-53,55,57-61,63,65-68H2,1-2H3,(H,82,86)/b48-46+,56-54+,64-62+. The molecular formula is C81H153NO13. The third-order valence-corrected chi connectivity index (χ3v) is 20.1. The fourth-order valence-electron chi connectivity index (χ4n) is 13.6. The summed E-state index contributed by atoms with van der Waals surface area (Å²) in [5.74, 6) is -0.245. The largest absolute Gasteiger partial charge is 0.394 e. The van der Waals surface area contributed by atoms with Crippen LogP contribution in [0.25, 0.3) is 0 Å². The molecule has 2 aliphatic heterocycles. The second-order valence-electron chi connectivity index (χ2n) is 28.9. The molecular weight excluding hydrogens is 1190 g/mol. The summed E-state index contributed by atoms with van der Waals surface area (Å²) in [7, 11) is 0. The van der Waals surface area contributed by atoms with Gasteiger partial charge in [-0.15, -0.1) is 0 Å². The number of aliphatic hydroxyl groups excluding tert-OH is 8. The molecule has 0 radical (unpaired) electrons. The first-order valence-electron chi connectivity index (χ1n) is 40.7. The first kappa shape index (κ1) is 89.3. The molecule has 95 heavy (non-hydrogen) atoms. The van der Waals surface area contributed by atoms with Crippen molar-refractivity contribution in [3.8, 4) is 0 Å². The molecule has 0 spiro atoms. The van der Waals surface area contributed by atoms with E-state index in [4.69, 9.17) is 18.9 Å². The highest BCUT2D eigenvalue weighted by Gasteiger charge is 2.51. The van der Waals surface area contributed by atoms with E-state index in [2.05, 4.69) is 43.5 Å². The number of allylic oxidation sites excluding steroid dienone is 5. The van der Waals surface area contributed by atoms with Crippen molar-refractivity contribution in [1.29, 1.82) is 0 Å². The molecule has 0 aliphatic carbocycles. The molecule has 0 saturated carbocycles. The number of ether oxygens (including phenoxy) is 4. The summed E-state index contributed by atoms with van der Waals surface area (Å²) in [5.41, 5.74) is 0. The average Bonchev–Trinajstić information content (AvgIpc) is 1.24. The number of nitrogens with one attached hydrogen (secondary N) is 1. The summed E-state index contributed by atoms with van der Waals surface area (Å²) >= 11 is 0. The van der Waals surface area contributed by atoms with E-state index in [1.807, 2.05) is 6.08 Å². The first-order chi connectivity index (χ1) is 46.6. The normalized spacial score (nSPS) is 22.5. The van der Waals surface area contributed by atoms with Crippen molar-refractivity contribution in [2.45, 2.75) is 453 Å². The van der Waals surface area contributed by atoms with Crippen LogP contribution in [-0.2, 0) is 23.7 Å². The number of amides is 1. The molecule has 1 amide bonds. The molecule has 2 heterocycles. The van der Waals surface area contributed by atoms with Gasteiger partial charge in [-0.3, -0.25) is 4.79 Å². The number of hydrogen-bond donors (Lipinski definition) is 9. The molecule has 12 unspecified atom stereocenters. The quantitative estimate of drug-likeness (QED) is 0.0204. The van der Waals surface area contributed by atoms with Gasteiger partial charge in [-0.05, 0) is 44.9 Å². The summed E-state index contributed by atoms with van der Waals surface area (Å²) in [6.07, 6.45) is 69.7. The first-order valence-corrected chi connectivity index (χ1v) is 40.7. The van der Waals surface area contributed by atoms with Crippen molar-refractivity contribution in [3.63, 3.8) is 0 Å². The Labute approximate surface area is 582 Å². The summed E-state index contributed by atoms with van der Waals surface area (Å²) in [6.45, 7) is 2.84. The zero-order chi connectivity index (χ0) is 68.7. The lowest BCUT2D eigenvalue weighted by Crippen LogP contribution is -2.65. The van der Waals surface area contributed by atoms with Crippen LogP contribution in [0.1, 0.15) is 380 Å². The van der Waals surface area contributed by atoms with Gasteiger partial charge in [0.2, 0.25) is 5.91 Å². The van der Waals surface area contributed by atoms with Gasteiger partial charge in [0, 0.05) is 6.42 Å². The third kappa shape index (κ3) is 48.6. The van der Waals surface area contributed by atoms with Gasteiger partial charge < -0.3 is 65.1 Å². The van der Waals surface area contributed by atoms with Gasteiger partial charge in [-0.2, -0.15) is 0 Å². The van der Waals surface area contributed by atoms with Crippen LogP contribution < -0.4 is 5.32 Å². The Hall–Kier alpha value is -1.79. The maximum Gasteiger partial charge on any atom is 0.220 e. The molecule has 9 N–H and O–H groups in total. The molecule has 2 aliphatic rings. The summed E-state index contributed by atoms with van der Waals surface area (Å²) in [6, 6.07) is -0.938. The molecule has 2 fully saturated rings. The number of aliphatic hydroxyl groups is 8. The van der Waals surface area contributed by atoms with E-state index in [1.54, 1.807) is 6.08 Å². The van der Waals surface area contributed by atoms with Crippen molar-refractivity contribution in [1.82, 2.24) is 5.32 Å². The summed E-state index contributed by atoms with van der Waals surface area (Å²) < 4.78 is 22.9. The van der Waals surface area contributed by atoms with Crippen LogP contribution in [-0.4, -0.2) is 140 Å². The van der Waals surface area contributed by atoms with E-state index in [9.17, 15) is 45.6 Å². The molecule has 2 rings (SSSR count). The lowest BCUT2D eigenvalue weighted by Gasteiger charge is -2.46. The van der Waals surface area contributed by atoms with Gasteiger partial charge in [0.1, 0.15) is 48.8 Å². The van der Waals surface area contributed by atoms with Crippen molar-refractivity contribution >= 4 is 5.91 Å². The molecule has 14 nitrogen and oxygen atoms in total. The predicted octanol–water partition coefficient (Wildman–Crippen LogP) is 18.4. The van der Waals surface area contributed by atoms with Crippen molar-refractivity contribution < 1.29 is 64.6 Å². The number of carbonyl (C=O) groups is 1. The highest BCUT2D eigenvalue weighted by molar-refractivity contribution is 5.76. The Morgan fingerprint density at radius 1 is 0.368 bits per heavy atom. The molecule has 2 saturated heterocycles. The van der Waals surface area contributed by atoms with Crippen molar-refractivity contribution in [2.24, 2.45) is 0 Å².